The van der Waals surface area contributed by atoms with Gasteiger partial charge in [0.1, 0.15) is 15.3 Å². The molecule has 1 N–H and O–H groups in total. The molecule has 3 rings (SSSR count). The maximum atomic E-state index is 13.3. The van der Waals surface area contributed by atoms with Gasteiger partial charge in [-0.1, -0.05) is 18.2 Å². The number of rotatable bonds is 5. The third kappa shape index (κ3) is 4.24. The molecule has 26 heavy (non-hydrogen) atoms. The zero-order chi connectivity index (χ0) is 18.6. The first-order valence-corrected chi connectivity index (χ1v) is 11.0. The van der Waals surface area contributed by atoms with E-state index in [2.05, 4.69) is 5.32 Å². The molecule has 0 saturated carbocycles. The molecule has 1 aromatic carbocycles. The van der Waals surface area contributed by atoms with Crippen LogP contribution < -0.4 is 5.32 Å². The number of amides is 2. The molecule has 1 aromatic heterocycles. The zero-order valence-electron chi connectivity index (χ0n) is 14.2. The molecule has 2 amide bonds. The van der Waals surface area contributed by atoms with Gasteiger partial charge in [-0.3, -0.25) is 0 Å². The fourth-order valence-electron chi connectivity index (χ4n) is 3.04. The number of sulfone groups is 1. The van der Waals surface area contributed by atoms with Crippen molar-refractivity contribution in [3.05, 3.63) is 53.2 Å². The summed E-state index contributed by atoms with van der Waals surface area (Å²) in [4.78, 5) is 14.1. The van der Waals surface area contributed by atoms with Gasteiger partial charge in [0.15, 0.2) is 9.84 Å². The van der Waals surface area contributed by atoms with Gasteiger partial charge in [0, 0.05) is 19.6 Å². The second-order valence-electron chi connectivity index (χ2n) is 6.25. The molecule has 2 heterocycles. The van der Waals surface area contributed by atoms with E-state index in [0.717, 1.165) is 30.6 Å². The van der Waals surface area contributed by atoms with Crippen molar-refractivity contribution >= 4 is 27.2 Å². The first-order valence-electron chi connectivity index (χ1n) is 8.54. The number of thiophene rings is 1. The molecule has 0 bridgehead atoms. The van der Waals surface area contributed by atoms with Gasteiger partial charge in [0.25, 0.3) is 0 Å². The molecule has 5 nitrogen and oxygen atoms in total. The molecule has 2 aromatic rings. The summed E-state index contributed by atoms with van der Waals surface area (Å²) in [5.41, 5.74) is 0.457. The Labute approximate surface area is 156 Å². The van der Waals surface area contributed by atoms with E-state index in [1.807, 2.05) is 0 Å². The Morgan fingerprint density at radius 2 is 1.85 bits per heavy atom. The van der Waals surface area contributed by atoms with E-state index >= 15 is 0 Å². The van der Waals surface area contributed by atoms with Crippen LogP contribution in [0.25, 0.3) is 0 Å². The lowest BCUT2D eigenvalue weighted by atomic mass is 10.1. The Kier molecular flexibility index (Phi) is 5.93. The number of carbonyl (C=O) groups is 1. The summed E-state index contributed by atoms with van der Waals surface area (Å²) < 4.78 is 39.5. The molecule has 8 heteroatoms. The molecular weight excluding hydrogens is 375 g/mol. The number of benzene rings is 1. The molecule has 1 saturated heterocycles. The average Bonchev–Trinajstić information content (AvgIpc) is 3.19. The summed E-state index contributed by atoms with van der Waals surface area (Å²) in [6.07, 6.45) is 3.03. The van der Waals surface area contributed by atoms with Crippen molar-refractivity contribution in [1.29, 1.82) is 0 Å². The molecule has 1 atom stereocenters. The Morgan fingerprint density at radius 1 is 1.15 bits per heavy atom. The third-order valence-electron chi connectivity index (χ3n) is 4.47. The first-order chi connectivity index (χ1) is 12.5. The van der Waals surface area contributed by atoms with Crippen LogP contribution in [0.5, 0.6) is 0 Å². The van der Waals surface area contributed by atoms with Crippen molar-refractivity contribution in [3.63, 3.8) is 0 Å². The highest BCUT2D eigenvalue weighted by Crippen LogP contribution is 2.31. The predicted octanol–water partition coefficient (Wildman–Crippen LogP) is 3.60. The van der Waals surface area contributed by atoms with Gasteiger partial charge in [-0.2, -0.15) is 0 Å². The molecule has 140 valence electrons. The summed E-state index contributed by atoms with van der Waals surface area (Å²) in [5, 5.41) is 3.49. The SMILES string of the molecule is O=C(NC[C@@H](c1ccc(F)cc1)S(=O)(=O)c1cccs1)N1CCCCC1. The van der Waals surface area contributed by atoms with Gasteiger partial charge in [-0.25, -0.2) is 17.6 Å². The number of nitrogens with one attached hydrogen (secondary N) is 1. The van der Waals surface area contributed by atoms with E-state index in [4.69, 9.17) is 0 Å². The predicted molar refractivity (Wildman–Crippen MR) is 99.5 cm³/mol. The first kappa shape index (κ1) is 18.8. The van der Waals surface area contributed by atoms with E-state index in [1.165, 1.54) is 24.3 Å². The summed E-state index contributed by atoms with van der Waals surface area (Å²) in [7, 11) is -3.69. The molecule has 0 radical (unpaired) electrons. The van der Waals surface area contributed by atoms with Gasteiger partial charge >= 0.3 is 6.03 Å². The van der Waals surface area contributed by atoms with Crippen molar-refractivity contribution in [2.45, 2.75) is 28.7 Å². The normalized spacial score (nSPS) is 16.3. The Balaban J connectivity index is 1.81. The largest absolute Gasteiger partial charge is 0.336 e. The molecule has 0 aliphatic carbocycles. The number of urea groups is 1. The monoisotopic (exact) mass is 396 g/mol. The maximum absolute atomic E-state index is 13.3. The van der Waals surface area contributed by atoms with Gasteiger partial charge in [0.2, 0.25) is 0 Å². The molecular formula is C18H21FN2O3S2. The standard InChI is InChI=1S/C18H21FN2O3S2/c19-15-8-6-14(7-9-15)16(26(23,24)17-5-4-12-25-17)13-20-18(22)21-10-2-1-3-11-21/h4-9,12,16H,1-3,10-11,13H2,(H,20,22)/t16-/m0/s1. The summed E-state index contributed by atoms with van der Waals surface area (Å²) >= 11 is 1.13. The van der Waals surface area contributed by atoms with Crippen molar-refractivity contribution in [2.75, 3.05) is 19.6 Å². The number of hydrogen-bond donors (Lipinski definition) is 1. The highest BCUT2D eigenvalue weighted by Gasteiger charge is 2.31. The quantitative estimate of drug-likeness (QED) is 0.840. The van der Waals surface area contributed by atoms with Crippen LogP contribution in [-0.2, 0) is 9.84 Å². The van der Waals surface area contributed by atoms with E-state index in [9.17, 15) is 17.6 Å². The maximum Gasteiger partial charge on any atom is 0.317 e. The molecule has 1 fully saturated rings. The minimum absolute atomic E-state index is 0.0544. The Hall–Kier alpha value is -1.93. The van der Waals surface area contributed by atoms with Gasteiger partial charge in [0.05, 0.1) is 0 Å². The Morgan fingerprint density at radius 3 is 2.46 bits per heavy atom. The lowest BCUT2D eigenvalue weighted by molar-refractivity contribution is 0.186. The van der Waals surface area contributed by atoms with Gasteiger partial charge in [-0.05, 0) is 48.4 Å². The molecule has 0 unspecified atom stereocenters. The van der Waals surface area contributed by atoms with Crippen molar-refractivity contribution in [3.8, 4) is 0 Å². The number of piperidine rings is 1. The second kappa shape index (κ2) is 8.18. The molecule has 1 aliphatic heterocycles. The number of halogens is 1. The average molecular weight is 397 g/mol. The summed E-state index contributed by atoms with van der Waals surface area (Å²) in [5.74, 6) is -0.432. The van der Waals surface area contributed by atoms with Crippen LogP contribution >= 0.6 is 11.3 Å². The second-order valence-corrected chi connectivity index (χ2v) is 9.56. The zero-order valence-corrected chi connectivity index (χ0v) is 15.9. The van der Waals surface area contributed by atoms with Crippen molar-refractivity contribution in [1.82, 2.24) is 10.2 Å². The number of hydrogen-bond acceptors (Lipinski definition) is 4. The summed E-state index contributed by atoms with van der Waals surface area (Å²) in [6.45, 7) is 1.32. The summed E-state index contributed by atoms with van der Waals surface area (Å²) in [6, 6.07) is 8.35. The minimum Gasteiger partial charge on any atom is -0.336 e. The van der Waals surface area contributed by atoms with Crippen molar-refractivity contribution < 1.29 is 17.6 Å². The van der Waals surface area contributed by atoms with Crippen LogP contribution in [0.3, 0.4) is 0 Å². The fourth-order valence-corrected chi connectivity index (χ4v) is 5.91. The van der Waals surface area contributed by atoms with Crippen LogP contribution in [0.1, 0.15) is 30.1 Å². The van der Waals surface area contributed by atoms with E-state index < -0.39 is 20.9 Å². The third-order valence-corrected chi connectivity index (χ3v) is 8.01. The highest BCUT2D eigenvalue weighted by atomic mass is 32.2. The number of nitrogens with zero attached hydrogens (tertiary/aromatic N) is 1. The lowest BCUT2D eigenvalue weighted by Gasteiger charge is -2.28. The molecule has 0 spiro atoms. The topological polar surface area (TPSA) is 66.5 Å². The van der Waals surface area contributed by atoms with Gasteiger partial charge < -0.3 is 10.2 Å². The van der Waals surface area contributed by atoms with E-state index in [1.54, 1.807) is 22.4 Å². The van der Waals surface area contributed by atoms with Gasteiger partial charge in [-0.15, -0.1) is 11.3 Å². The van der Waals surface area contributed by atoms with Crippen LogP contribution in [0, 0.1) is 5.82 Å². The number of carbonyl (C=O) groups excluding carboxylic acids is 1. The fraction of sp³-hybridized carbons (Fsp3) is 0.389. The smallest absolute Gasteiger partial charge is 0.317 e. The van der Waals surface area contributed by atoms with Crippen molar-refractivity contribution in [2.24, 2.45) is 0 Å². The molecule has 1 aliphatic rings. The van der Waals surface area contributed by atoms with Crippen LogP contribution in [0.2, 0.25) is 0 Å². The highest BCUT2D eigenvalue weighted by molar-refractivity contribution is 7.93. The lowest BCUT2D eigenvalue weighted by Crippen LogP contribution is -2.44. The van der Waals surface area contributed by atoms with Crippen LogP contribution in [0.15, 0.2) is 46.0 Å². The van der Waals surface area contributed by atoms with E-state index in [-0.39, 0.29) is 16.8 Å². The van der Waals surface area contributed by atoms with E-state index in [0.29, 0.717) is 18.7 Å². The number of likely N-dealkylation sites (tertiary alicyclic amines) is 1. The Bertz CT molecular complexity index is 830. The van der Waals surface area contributed by atoms with Crippen LogP contribution in [0.4, 0.5) is 9.18 Å². The van der Waals surface area contributed by atoms with Crippen LogP contribution in [-0.4, -0.2) is 39.0 Å². The minimum atomic E-state index is -3.69.